The van der Waals surface area contributed by atoms with Crippen molar-refractivity contribution in [3.8, 4) is 22.5 Å². The zero-order chi connectivity index (χ0) is 38.9. The van der Waals surface area contributed by atoms with Gasteiger partial charge in [0.1, 0.15) is 11.2 Å². The number of hydrogen-bond acceptors (Lipinski definition) is 1. The van der Waals surface area contributed by atoms with E-state index in [4.69, 9.17) is 4.42 Å². The summed E-state index contributed by atoms with van der Waals surface area (Å²) in [5.41, 5.74) is 16.5. The molecule has 9 aromatic carbocycles. The number of nitrogens with zero attached hydrogens (tertiary/aromatic N) is 2. The van der Waals surface area contributed by atoms with Gasteiger partial charge in [0, 0.05) is 43.7 Å². The molecule has 0 amide bonds. The number of aromatic nitrogens is 2. The zero-order valence-electron chi connectivity index (χ0n) is 32.3. The van der Waals surface area contributed by atoms with Crippen molar-refractivity contribution in [3.63, 3.8) is 0 Å². The van der Waals surface area contributed by atoms with Gasteiger partial charge < -0.3 is 13.6 Å². The minimum atomic E-state index is 0.879. The van der Waals surface area contributed by atoms with Crippen LogP contribution in [0.15, 0.2) is 211 Å². The first-order valence-electron chi connectivity index (χ1n) is 20.4. The van der Waals surface area contributed by atoms with Crippen LogP contribution in [0.1, 0.15) is 22.3 Å². The lowest BCUT2D eigenvalue weighted by atomic mass is 9.98. The highest BCUT2D eigenvalue weighted by Gasteiger charge is 2.18. The molecule has 0 fully saturated rings. The van der Waals surface area contributed by atoms with Crippen LogP contribution >= 0.6 is 0 Å². The van der Waals surface area contributed by atoms with Crippen LogP contribution in [0.5, 0.6) is 0 Å². The van der Waals surface area contributed by atoms with Crippen LogP contribution in [0.2, 0.25) is 0 Å². The Kier molecular flexibility index (Phi) is 7.67. The second-order valence-corrected chi connectivity index (χ2v) is 15.8. The van der Waals surface area contributed by atoms with Crippen molar-refractivity contribution in [2.75, 3.05) is 0 Å². The third-order valence-electron chi connectivity index (χ3n) is 12.1. The van der Waals surface area contributed by atoms with E-state index in [0.29, 0.717) is 0 Å². The number of furan rings is 1. The monoisotopic (exact) mass is 754 g/mol. The van der Waals surface area contributed by atoms with Crippen molar-refractivity contribution in [1.29, 1.82) is 0 Å². The van der Waals surface area contributed by atoms with Crippen molar-refractivity contribution >= 4 is 65.6 Å². The molecule has 0 bridgehead atoms. The SMILES string of the molecule is c1ccc(Cc2ccc3c(c2)c2cc(-c4ccc5c(c4)c4cc(Cc6ccccc6)ccc4n5-c4ccc5oc6ccccc6c5c4)ccc2n3-c2ccccc2)cc1. The van der Waals surface area contributed by atoms with E-state index in [2.05, 4.69) is 203 Å². The lowest BCUT2D eigenvalue weighted by Gasteiger charge is -2.10. The van der Waals surface area contributed by atoms with Gasteiger partial charge >= 0.3 is 0 Å². The van der Waals surface area contributed by atoms with E-state index in [1.165, 1.54) is 82.7 Å². The van der Waals surface area contributed by atoms with E-state index in [1.807, 2.05) is 12.1 Å². The summed E-state index contributed by atoms with van der Waals surface area (Å²) >= 11 is 0. The molecule has 3 aromatic heterocycles. The van der Waals surface area contributed by atoms with Gasteiger partial charge in [-0.25, -0.2) is 0 Å². The highest BCUT2D eigenvalue weighted by atomic mass is 16.3. The third-order valence-corrected chi connectivity index (χ3v) is 12.1. The highest BCUT2D eigenvalue weighted by molar-refractivity contribution is 6.13. The smallest absolute Gasteiger partial charge is 0.135 e. The van der Waals surface area contributed by atoms with Gasteiger partial charge in [0.2, 0.25) is 0 Å². The molecule has 0 N–H and O–H groups in total. The molecule has 0 spiro atoms. The summed E-state index contributed by atoms with van der Waals surface area (Å²) in [7, 11) is 0. The van der Waals surface area contributed by atoms with Gasteiger partial charge in [-0.05, 0) is 131 Å². The van der Waals surface area contributed by atoms with Gasteiger partial charge in [-0.15, -0.1) is 0 Å². The Morgan fingerprint density at radius 1 is 0.288 bits per heavy atom. The summed E-state index contributed by atoms with van der Waals surface area (Å²) < 4.78 is 11.1. The van der Waals surface area contributed by atoms with Crippen molar-refractivity contribution in [2.24, 2.45) is 0 Å². The number of rotatable bonds is 7. The molecule has 3 nitrogen and oxygen atoms in total. The van der Waals surface area contributed by atoms with Gasteiger partial charge in [0.05, 0.1) is 22.1 Å². The minimum Gasteiger partial charge on any atom is -0.456 e. The second-order valence-electron chi connectivity index (χ2n) is 15.8. The van der Waals surface area contributed by atoms with Crippen molar-refractivity contribution in [1.82, 2.24) is 9.13 Å². The highest BCUT2D eigenvalue weighted by Crippen LogP contribution is 2.40. The first-order valence-corrected chi connectivity index (χ1v) is 20.4. The summed E-state index contributed by atoms with van der Waals surface area (Å²) in [6.45, 7) is 0. The Hall–Kier alpha value is -7.62. The summed E-state index contributed by atoms with van der Waals surface area (Å²) in [6.07, 6.45) is 1.77. The molecule has 0 atom stereocenters. The fraction of sp³-hybridized carbons (Fsp3) is 0.0357. The molecule has 0 saturated heterocycles. The molecule has 0 aliphatic rings. The van der Waals surface area contributed by atoms with E-state index in [1.54, 1.807) is 0 Å². The van der Waals surface area contributed by atoms with Crippen LogP contribution in [0.3, 0.4) is 0 Å². The molecule has 0 aliphatic heterocycles. The summed E-state index contributed by atoms with van der Waals surface area (Å²) in [6, 6.07) is 75.2. The van der Waals surface area contributed by atoms with E-state index in [-0.39, 0.29) is 0 Å². The minimum absolute atomic E-state index is 0.879. The number of hydrogen-bond donors (Lipinski definition) is 0. The van der Waals surface area contributed by atoms with E-state index in [0.717, 1.165) is 40.5 Å². The second kappa shape index (κ2) is 13.5. The van der Waals surface area contributed by atoms with Crippen molar-refractivity contribution < 1.29 is 4.42 Å². The Morgan fingerprint density at radius 2 is 0.746 bits per heavy atom. The van der Waals surface area contributed by atoms with E-state index < -0.39 is 0 Å². The molecule has 12 rings (SSSR count). The van der Waals surface area contributed by atoms with Gasteiger partial charge in [0.25, 0.3) is 0 Å². The molecular weight excluding hydrogens is 717 g/mol. The standard InChI is InChI=1S/C56H38N2O/c1-4-12-37(13-5-1)30-39-20-25-51-46(32-39)48-34-41(22-27-53(48)57(51)43-16-8-3-9-17-43)42-23-28-54-49(35-42)47-33-40(31-38-14-6-2-7-15-38)21-26-52(47)58(54)44-24-29-56-50(36-44)45-18-10-11-19-55(45)59-56/h1-29,32-36H,30-31H2. The number of fused-ring (bicyclic) bond motifs is 9. The Bertz CT molecular complexity index is 3540. The first kappa shape index (κ1) is 33.5. The molecule has 3 heteroatoms. The molecule has 0 aliphatic carbocycles. The summed E-state index contributed by atoms with van der Waals surface area (Å²) in [5.74, 6) is 0. The largest absolute Gasteiger partial charge is 0.456 e. The Labute approximate surface area is 341 Å². The van der Waals surface area contributed by atoms with Crippen LogP contribution in [0.25, 0.3) is 88.1 Å². The van der Waals surface area contributed by atoms with Crippen LogP contribution in [-0.4, -0.2) is 9.13 Å². The molecule has 0 unspecified atom stereocenters. The van der Waals surface area contributed by atoms with Gasteiger partial charge in [-0.3, -0.25) is 0 Å². The van der Waals surface area contributed by atoms with Crippen LogP contribution in [-0.2, 0) is 12.8 Å². The predicted octanol–water partition coefficient (Wildman–Crippen LogP) is 14.6. The van der Waals surface area contributed by atoms with Gasteiger partial charge in [0.15, 0.2) is 0 Å². The molecule has 278 valence electrons. The molecule has 0 radical (unpaired) electrons. The van der Waals surface area contributed by atoms with E-state index >= 15 is 0 Å². The fourth-order valence-corrected chi connectivity index (χ4v) is 9.37. The van der Waals surface area contributed by atoms with Crippen LogP contribution in [0.4, 0.5) is 0 Å². The van der Waals surface area contributed by atoms with Crippen molar-refractivity contribution in [3.05, 3.63) is 229 Å². The molecular formula is C56H38N2O. The molecule has 12 aromatic rings. The summed E-state index contributed by atoms with van der Waals surface area (Å²) in [5, 5.41) is 7.27. The maximum absolute atomic E-state index is 6.24. The average Bonchev–Trinajstić information content (AvgIpc) is 3.94. The van der Waals surface area contributed by atoms with Crippen molar-refractivity contribution in [2.45, 2.75) is 12.8 Å². The zero-order valence-corrected chi connectivity index (χ0v) is 32.3. The predicted molar refractivity (Wildman–Crippen MR) is 246 cm³/mol. The average molecular weight is 755 g/mol. The molecule has 0 saturated carbocycles. The maximum atomic E-state index is 6.24. The topological polar surface area (TPSA) is 23.0 Å². The number of benzene rings is 9. The molecule has 59 heavy (non-hydrogen) atoms. The summed E-state index contributed by atoms with van der Waals surface area (Å²) in [4.78, 5) is 0. The third kappa shape index (κ3) is 5.66. The van der Waals surface area contributed by atoms with Gasteiger partial charge in [-0.1, -0.05) is 121 Å². The number of para-hydroxylation sites is 2. The van der Waals surface area contributed by atoms with E-state index in [9.17, 15) is 0 Å². The van der Waals surface area contributed by atoms with Gasteiger partial charge in [-0.2, -0.15) is 0 Å². The molecule has 3 heterocycles. The fourth-order valence-electron chi connectivity index (χ4n) is 9.37. The van der Waals surface area contributed by atoms with Crippen LogP contribution in [0, 0.1) is 0 Å². The van der Waals surface area contributed by atoms with Crippen LogP contribution < -0.4 is 0 Å². The lowest BCUT2D eigenvalue weighted by molar-refractivity contribution is 0.669. The lowest BCUT2D eigenvalue weighted by Crippen LogP contribution is -1.94. The Morgan fingerprint density at radius 3 is 1.32 bits per heavy atom. The first-order chi connectivity index (χ1) is 29.2. The maximum Gasteiger partial charge on any atom is 0.135 e. The quantitative estimate of drug-likeness (QED) is 0.159. The normalized spacial score (nSPS) is 11.9. The Balaban J connectivity index is 1.05.